The summed E-state index contributed by atoms with van der Waals surface area (Å²) in [6.07, 6.45) is 1.64. The minimum Gasteiger partial charge on any atom is -0.480 e. The maximum atomic E-state index is 12.3. The third-order valence-corrected chi connectivity index (χ3v) is 2.66. The zero-order valence-corrected chi connectivity index (χ0v) is 11.5. The highest BCUT2D eigenvalue weighted by molar-refractivity contribution is 5.99. The molecule has 5 heteroatoms. The molecule has 0 aliphatic heterocycles. The Labute approximate surface area is 118 Å². The second kappa shape index (κ2) is 8.12. The van der Waals surface area contributed by atoms with E-state index in [4.69, 9.17) is 9.84 Å². The molecule has 0 spiro atoms. The van der Waals surface area contributed by atoms with E-state index in [0.29, 0.717) is 18.7 Å². The lowest BCUT2D eigenvalue weighted by molar-refractivity contribution is -0.138. The normalized spacial score (nSPS) is 11.7. The molecule has 0 aliphatic rings. The fourth-order valence-corrected chi connectivity index (χ4v) is 1.66. The molecule has 1 aromatic rings. The first-order valence-corrected chi connectivity index (χ1v) is 6.37. The van der Waals surface area contributed by atoms with Crippen molar-refractivity contribution in [2.45, 2.75) is 19.4 Å². The van der Waals surface area contributed by atoms with Gasteiger partial charge in [0.2, 0.25) is 0 Å². The smallest absolute Gasteiger partial charge is 0.323 e. The van der Waals surface area contributed by atoms with Crippen molar-refractivity contribution in [2.75, 3.05) is 18.1 Å². The van der Waals surface area contributed by atoms with Crippen LogP contribution in [0.2, 0.25) is 0 Å². The number of hydrogen-bond acceptors (Lipinski definition) is 3. The van der Waals surface area contributed by atoms with E-state index in [2.05, 4.69) is 6.58 Å². The number of aliphatic carboxylic acids is 1. The van der Waals surface area contributed by atoms with Crippen molar-refractivity contribution in [1.29, 1.82) is 0 Å². The number of benzene rings is 1. The van der Waals surface area contributed by atoms with Crippen molar-refractivity contribution in [3.63, 3.8) is 0 Å². The topological polar surface area (TPSA) is 66.8 Å². The molecule has 1 aromatic carbocycles. The Morgan fingerprint density at radius 3 is 2.60 bits per heavy atom. The number of carboxylic acid groups (broad SMARTS) is 1. The van der Waals surface area contributed by atoms with E-state index in [9.17, 15) is 9.59 Å². The van der Waals surface area contributed by atoms with E-state index >= 15 is 0 Å². The first kappa shape index (κ1) is 15.9. The molecule has 108 valence electrons. The molecule has 1 atom stereocenters. The number of nitrogens with zero attached hydrogens (tertiary/aromatic N) is 1. The highest BCUT2D eigenvalue weighted by atomic mass is 16.5. The van der Waals surface area contributed by atoms with Crippen LogP contribution >= 0.6 is 0 Å². The number of carbonyl (C=O) groups excluding carboxylic acids is 1. The van der Waals surface area contributed by atoms with E-state index < -0.39 is 18.6 Å². The van der Waals surface area contributed by atoms with Gasteiger partial charge >= 0.3 is 5.97 Å². The van der Waals surface area contributed by atoms with Crippen LogP contribution < -0.4 is 4.90 Å². The number of carboxylic acids is 1. The Bertz CT molecular complexity index is 458. The fraction of sp³-hybridized carbons (Fsp3) is 0.333. The predicted octanol–water partition coefficient (Wildman–Crippen LogP) is 2.09. The summed E-state index contributed by atoms with van der Waals surface area (Å²) in [5, 5.41) is 8.94. The Morgan fingerprint density at radius 2 is 2.05 bits per heavy atom. The maximum Gasteiger partial charge on any atom is 0.323 e. The second-order valence-electron chi connectivity index (χ2n) is 4.24. The van der Waals surface area contributed by atoms with Gasteiger partial charge in [0.25, 0.3) is 5.91 Å². The summed E-state index contributed by atoms with van der Waals surface area (Å²) in [5.74, 6) is -1.44. The van der Waals surface area contributed by atoms with Gasteiger partial charge in [-0.1, -0.05) is 24.3 Å². The van der Waals surface area contributed by atoms with Gasteiger partial charge in [-0.2, -0.15) is 0 Å². The zero-order chi connectivity index (χ0) is 15.0. The van der Waals surface area contributed by atoms with E-state index in [-0.39, 0.29) is 5.91 Å². The maximum absolute atomic E-state index is 12.3. The van der Waals surface area contributed by atoms with Crippen molar-refractivity contribution in [3.05, 3.63) is 43.0 Å². The minimum absolute atomic E-state index is 0.373. The molecule has 0 bridgehead atoms. The molecule has 1 amide bonds. The molecular weight excluding hydrogens is 258 g/mol. The standard InChI is InChI=1S/C15H19NO4/c1-3-4-10-20-12(2)15(19)16(11-14(17)18)13-8-6-5-7-9-13/h3,5-9,12H,1,4,10-11H2,2H3,(H,17,18). The summed E-state index contributed by atoms with van der Waals surface area (Å²) in [7, 11) is 0. The lowest BCUT2D eigenvalue weighted by atomic mass is 10.2. The van der Waals surface area contributed by atoms with Crippen molar-refractivity contribution in [2.24, 2.45) is 0 Å². The van der Waals surface area contributed by atoms with Gasteiger partial charge < -0.3 is 9.84 Å². The van der Waals surface area contributed by atoms with E-state index in [0.717, 1.165) is 0 Å². The molecule has 0 aromatic heterocycles. The number of para-hydroxylation sites is 1. The molecule has 1 rings (SSSR count). The molecule has 0 saturated heterocycles. The van der Waals surface area contributed by atoms with Gasteiger partial charge in [0.1, 0.15) is 12.6 Å². The number of carbonyl (C=O) groups is 2. The lowest BCUT2D eigenvalue weighted by Crippen LogP contribution is -2.42. The monoisotopic (exact) mass is 277 g/mol. The predicted molar refractivity (Wildman–Crippen MR) is 76.7 cm³/mol. The molecule has 0 aliphatic carbocycles. The quantitative estimate of drug-likeness (QED) is 0.583. The average molecular weight is 277 g/mol. The lowest BCUT2D eigenvalue weighted by Gasteiger charge is -2.24. The molecule has 0 fully saturated rings. The molecular formula is C15H19NO4. The number of rotatable bonds is 8. The second-order valence-corrected chi connectivity index (χ2v) is 4.24. The highest BCUT2D eigenvalue weighted by Crippen LogP contribution is 2.15. The van der Waals surface area contributed by atoms with Crippen molar-refractivity contribution in [3.8, 4) is 0 Å². The molecule has 0 heterocycles. The van der Waals surface area contributed by atoms with Crippen LogP contribution in [0.15, 0.2) is 43.0 Å². The van der Waals surface area contributed by atoms with Crippen LogP contribution in [0.4, 0.5) is 5.69 Å². The van der Waals surface area contributed by atoms with Crippen LogP contribution in [0.5, 0.6) is 0 Å². The Morgan fingerprint density at radius 1 is 1.40 bits per heavy atom. The van der Waals surface area contributed by atoms with Crippen molar-refractivity contribution in [1.82, 2.24) is 0 Å². The summed E-state index contributed by atoms with van der Waals surface area (Å²) >= 11 is 0. The Balaban J connectivity index is 2.80. The molecule has 20 heavy (non-hydrogen) atoms. The van der Waals surface area contributed by atoms with Crippen molar-refractivity contribution >= 4 is 17.6 Å². The van der Waals surface area contributed by atoms with E-state index in [1.54, 1.807) is 43.3 Å². The van der Waals surface area contributed by atoms with Crippen molar-refractivity contribution < 1.29 is 19.4 Å². The summed E-state index contributed by atoms with van der Waals surface area (Å²) in [4.78, 5) is 24.4. The summed E-state index contributed by atoms with van der Waals surface area (Å²) in [6.45, 7) is 5.18. The SMILES string of the molecule is C=CCCOC(C)C(=O)N(CC(=O)O)c1ccccc1. The third-order valence-electron chi connectivity index (χ3n) is 2.66. The first-order chi connectivity index (χ1) is 9.56. The van der Waals surface area contributed by atoms with Crippen LogP contribution in [0, 0.1) is 0 Å². The fourth-order valence-electron chi connectivity index (χ4n) is 1.66. The van der Waals surface area contributed by atoms with Crippen LogP contribution in [0.25, 0.3) is 0 Å². The van der Waals surface area contributed by atoms with Gasteiger partial charge in [0.15, 0.2) is 0 Å². The van der Waals surface area contributed by atoms with Gasteiger partial charge in [-0.25, -0.2) is 0 Å². The van der Waals surface area contributed by atoms with Gasteiger partial charge in [-0.05, 0) is 25.5 Å². The van der Waals surface area contributed by atoms with Crippen LogP contribution in [-0.2, 0) is 14.3 Å². The number of ether oxygens (including phenoxy) is 1. The number of anilines is 1. The molecule has 1 N–H and O–H groups in total. The van der Waals surface area contributed by atoms with E-state index in [1.807, 2.05) is 0 Å². The van der Waals surface area contributed by atoms with Gasteiger partial charge in [0, 0.05) is 5.69 Å². The zero-order valence-electron chi connectivity index (χ0n) is 11.5. The van der Waals surface area contributed by atoms with Gasteiger partial charge in [0.05, 0.1) is 6.61 Å². The number of hydrogen-bond donors (Lipinski definition) is 1. The molecule has 0 radical (unpaired) electrons. The molecule has 0 saturated carbocycles. The number of amides is 1. The third kappa shape index (κ3) is 4.85. The van der Waals surface area contributed by atoms with Gasteiger partial charge in [-0.3, -0.25) is 14.5 Å². The Hall–Kier alpha value is -2.14. The van der Waals surface area contributed by atoms with Gasteiger partial charge in [-0.15, -0.1) is 6.58 Å². The van der Waals surface area contributed by atoms with Crippen LogP contribution in [0.3, 0.4) is 0 Å². The highest BCUT2D eigenvalue weighted by Gasteiger charge is 2.24. The minimum atomic E-state index is -1.07. The Kier molecular flexibility index (Phi) is 6.46. The average Bonchev–Trinajstić information content (AvgIpc) is 2.45. The van der Waals surface area contributed by atoms with Crippen LogP contribution in [-0.4, -0.2) is 36.2 Å². The molecule has 5 nitrogen and oxygen atoms in total. The first-order valence-electron chi connectivity index (χ1n) is 6.37. The van der Waals surface area contributed by atoms with E-state index in [1.165, 1.54) is 4.90 Å². The molecule has 1 unspecified atom stereocenters. The summed E-state index contributed by atoms with van der Waals surface area (Å²) in [6, 6.07) is 8.69. The largest absolute Gasteiger partial charge is 0.480 e. The summed E-state index contributed by atoms with van der Waals surface area (Å²) < 4.78 is 5.37. The summed E-state index contributed by atoms with van der Waals surface area (Å²) in [5.41, 5.74) is 0.541. The van der Waals surface area contributed by atoms with Crippen LogP contribution in [0.1, 0.15) is 13.3 Å².